The van der Waals surface area contributed by atoms with E-state index in [1.807, 2.05) is 0 Å². The van der Waals surface area contributed by atoms with Gasteiger partial charge in [0.15, 0.2) is 11.8 Å². The third kappa shape index (κ3) is 1.46. The van der Waals surface area contributed by atoms with Gasteiger partial charge in [-0.15, -0.1) is 0 Å². The van der Waals surface area contributed by atoms with E-state index in [1.165, 1.54) is 14.2 Å². The van der Waals surface area contributed by atoms with E-state index in [-0.39, 0.29) is 0 Å². The predicted octanol–water partition coefficient (Wildman–Crippen LogP) is -0.406. The second kappa shape index (κ2) is 3.93. The van der Waals surface area contributed by atoms with Crippen molar-refractivity contribution in [2.24, 2.45) is 0 Å². The summed E-state index contributed by atoms with van der Waals surface area (Å²) in [5, 5.41) is 4.68. The molecule has 1 heterocycles. The molecular weight excluding hydrogens is 188 g/mol. The molecule has 0 saturated carbocycles. The molecule has 0 aromatic heterocycles. The molecule has 1 fully saturated rings. The van der Waals surface area contributed by atoms with E-state index in [0.29, 0.717) is 6.42 Å². The molecule has 6 nitrogen and oxygen atoms in total. The highest BCUT2D eigenvalue weighted by Gasteiger charge is 2.51. The van der Waals surface area contributed by atoms with Crippen LogP contribution in [0.1, 0.15) is 13.3 Å². The summed E-state index contributed by atoms with van der Waals surface area (Å²) in [7, 11) is 2.84. The number of carbonyl (C=O) groups is 2. The summed E-state index contributed by atoms with van der Waals surface area (Å²) in [6.45, 7) is 1.77. The standard InChI is InChI=1S/C8H14N2O4/c1-4-8(6(13-2)14-3)5(11)9-7(12)10-8/h6H,4H2,1-3H3,(H2,9,10,11,12). The first kappa shape index (κ1) is 10.9. The van der Waals surface area contributed by atoms with Crippen molar-refractivity contribution in [1.82, 2.24) is 10.6 Å². The Balaban J connectivity index is 2.95. The average molecular weight is 202 g/mol. The second-order valence-electron chi connectivity index (χ2n) is 3.04. The van der Waals surface area contributed by atoms with Gasteiger partial charge < -0.3 is 14.8 Å². The second-order valence-corrected chi connectivity index (χ2v) is 3.04. The Kier molecular flexibility index (Phi) is 3.07. The summed E-state index contributed by atoms with van der Waals surface area (Å²) >= 11 is 0. The van der Waals surface area contributed by atoms with Crippen LogP contribution in [0.4, 0.5) is 4.79 Å². The fourth-order valence-electron chi connectivity index (χ4n) is 1.59. The summed E-state index contributed by atoms with van der Waals surface area (Å²) in [5.41, 5.74) is -1.11. The lowest BCUT2D eigenvalue weighted by molar-refractivity contribution is -0.164. The first-order valence-corrected chi connectivity index (χ1v) is 4.30. The van der Waals surface area contributed by atoms with Crippen molar-refractivity contribution in [2.45, 2.75) is 25.2 Å². The zero-order valence-corrected chi connectivity index (χ0v) is 8.42. The van der Waals surface area contributed by atoms with Gasteiger partial charge in [0, 0.05) is 14.2 Å². The first-order chi connectivity index (χ1) is 6.60. The number of carbonyl (C=O) groups excluding carboxylic acids is 2. The van der Waals surface area contributed by atoms with Gasteiger partial charge in [-0.1, -0.05) is 6.92 Å². The molecule has 1 saturated heterocycles. The molecular formula is C8H14N2O4. The summed E-state index contributed by atoms with van der Waals surface area (Å²) < 4.78 is 10.00. The summed E-state index contributed by atoms with van der Waals surface area (Å²) in [6, 6.07) is -0.518. The first-order valence-electron chi connectivity index (χ1n) is 4.30. The molecule has 1 rings (SSSR count). The quantitative estimate of drug-likeness (QED) is 0.480. The highest BCUT2D eigenvalue weighted by molar-refractivity contribution is 6.07. The predicted molar refractivity (Wildman–Crippen MR) is 47.5 cm³/mol. The van der Waals surface area contributed by atoms with Crippen molar-refractivity contribution in [3.05, 3.63) is 0 Å². The lowest BCUT2D eigenvalue weighted by Crippen LogP contribution is -2.57. The van der Waals surface area contributed by atoms with E-state index in [2.05, 4.69) is 10.6 Å². The van der Waals surface area contributed by atoms with Crippen molar-refractivity contribution in [2.75, 3.05) is 14.2 Å². The Bertz CT molecular complexity index is 252. The number of ether oxygens (including phenoxy) is 2. The summed E-state index contributed by atoms with van der Waals surface area (Å²) in [6.07, 6.45) is -0.379. The monoisotopic (exact) mass is 202 g/mol. The van der Waals surface area contributed by atoms with Crippen LogP contribution >= 0.6 is 0 Å². The third-order valence-electron chi connectivity index (χ3n) is 2.36. The van der Waals surface area contributed by atoms with Crippen LogP contribution in [0.2, 0.25) is 0 Å². The minimum Gasteiger partial charge on any atom is -0.353 e. The number of rotatable bonds is 4. The van der Waals surface area contributed by atoms with Crippen LogP contribution in [-0.2, 0) is 14.3 Å². The van der Waals surface area contributed by atoms with E-state index < -0.39 is 23.8 Å². The van der Waals surface area contributed by atoms with Crippen LogP contribution in [0.25, 0.3) is 0 Å². The summed E-state index contributed by atoms with van der Waals surface area (Å²) in [4.78, 5) is 22.6. The number of nitrogens with one attached hydrogen (secondary N) is 2. The zero-order chi connectivity index (χ0) is 10.8. The van der Waals surface area contributed by atoms with Crippen molar-refractivity contribution < 1.29 is 19.1 Å². The molecule has 0 aromatic rings. The normalized spacial score (nSPS) is 26.6. The van der Waals surface area contributed by atoms with Crippen molar-refractivity contribution in [1.29, 1.82) is 0 Å². The van der Waals surface area contributed by atoms with Crippen LogP contribution in [0, 0.1) is 0 Å². The molecule has 14 heavy (non-hydrogen) atoms. The van der Waals surface area contributed by atoms with Crippen molar-refractivity contribution in [3.8, 4) is 0 Å². The van der Waals surface area contributed by atoms with Gasteiger partial charge in [-0.3, -0.25) is 10.1 Å². The molecule has 0 aliphatic carbocycles. The van der Waals surface area contributed by atoms with Crippen LogP contribution in [0.15, 0.2) is 0 Å². The van der Waals surface area contributed by atoms with Crippen LogP contribution in [-0.4, -0.2) is 38.0 Å². The van der Waals surface area contributed by atoms with Crippen LogP contribution in [0.3, 0.4) is 0 Å². The van der Waals surface area contributed by atoms with Crippen molar-refractivity contribution >= 4 is 11.9 Å². The largest absolute Gasteiger partial charge is 0.353 e. The summed E-state index contributed by atoms with van der Waals surface area (Å²) in [5.74, 6) is -0.418. The molecule has 0 bridgehead atoms. The van der Waals surface area contributed by atoms with Gasteiger partial charge in [0.2, 0.25) is 0 Å². The van der Waals surface area contributed by atoms with Gasteiger partial charge in [-0.25, -0.2) is 4.79 Å². The zero-order valence-electron chi connectivity index (χ0n) is 8.42. The van der Waals surface area contributed by atoms with Crippen LogP contribution in [0.5, 0.6) is 0 Å². The lowest BCUT2D eigenvalue weighted by atomic mass is 9.95. The Morgan fingerprint density at radius 2 is 1.93 bits per heavy atom. The number of methoxy groups -OCH3 is 2. The molecule has 6 heteroatoms. The number of imide groups is 1. The molecule has 2 N–H and O–H groups in total. The van der Waals surface area contributed by atoms with Gasteiger partial charge in [0.1, 0.15) is 0 Å². The molecule has 1 aliphatic rings. The van der Waals surface area contributed by atoms with E-state index >= 15 is 0 Å². The van der Waals surface area contributed by atoms with E-state index in [1.54, 1.807) is 6.92 Å². The smallest absolute Gasteiger partial charge is 0.322 e. The molecule has 1 atom stereocenters. The minimum absolute atomic E-state index is 0.400. The van der Waals surface area contributed by atoms with Crippen molar-refractivity contribution in [3.63, 3.8) is 0 Å². The topological polar surface area (TPSA) is 76.7 Å². The fourth-order valence-corrected chi connectivity index (χ4v) is 1.59. The van der Waals surface area contributed by atoms with Gasteiger partial charge in [-0.2, -0.15) is 0 Å². The van der Waals surface area contributed by atoms with Gasteiger partial charge >= 0.3 is 6.03 Å². The maximum absolute atomic E-state index is 11.5. The molecule has 0 aromatic carbocycles. The SMILES string of the molecule is CCC1(C(OC)OC)NC(=O)NC1=O. The molecule has 3 amide bonds. The Labute approximate surface area is 81.9 Å². The lowest BCUT2D eigenvalue weighted by Gasteiger charge is -2.31. The number of hydrogen-bond acceptors (Lipinski definition) is 4. The van der Waals surface area contributed by atoms with E-state index in [4.69, 9.17) is 9.47 Å². The number of hydrogen-bond donors (Lipinski definition) is 2. The fraction of sp³-hybridized carbons (Fsp3) is 0.750. The highest BCUT2D eigenvalue weighted by Crippen LogP contribution is 2.22. The molecule has 0 spiro atoms. The van der Waals surface area contributed by atoms with E-state index in [0.717, 1.165) is 0 Å². The van der Waals surface area contributed by atoms with Gasteiger partial charge in [-0.05, 0) is 6.42 Å². The van der Waals surface area contributed by atoms with Gasteiger partial charge in [0.25, 0.3) is 5.91 Å². The van der Waals surface area contributed by atoms with E-state index in [9.17, 15) is 9.59 Å². The molecule has 1 aliphatic heterocycles. The number of urea groups is 1. The van der Waals surface area contributed by atoms with Gasteiger partial charge in [0.05, 0.1) is 0 Å². The molecule has 80 valence electrons. The highest BCUT2D eigenvalue weighted by atomic mass is 16.7. The number of amides is 3. The Morgan fingerprint density at radius 3 is 2.21 bits per heavy atom. The van der Waals surface area contributed by atoms with Crippen LogP contribution < -0.4 is 10.6 Å². The molecule has 0 radical (unpaired) electrons. The Hall–Kier alpha value is -1.14. The Morgan fingerprint density at radius 1 is 1.36 bits per heavy atom. The third-order valence-corrected chi connectivity index (χ3v) is 2.36. The minimum atomic E-state index is -1.11. The maximum atomic E-state index is 11.5. The average Bonchev–Trinajstić information content (AvgIpc) is 2.44. The molecule has 1 unspecified atom stereocenters. The maximum Gasteiger partial charge on any atom is 0.322 e.